The first-order chi connectivity index (χ1) is 14.8. The lowest BCUT2D eigenvalue weighted by Crippen LogP contribution is -2.53. The van der Waals surface area contributed by atoms with E-state index in [1.54, 1.807) is 23.1 Å². The highest BCUT2D eigenvalue weighted by molar-refractivity contribution is 9.10. The van der Waals surface area contributed by atoms with Crippen molar-refractivity contribution in [3.8, 4) is 5.75 Å². The number of nitrogens with one attached hydrogen (secondary N) is 1. The lowest BCUT2D eigenvalue weighted by Gasteiger charge is -2.42. The number of carbonyl (C=O) groups is 2. The molecule has 0 spiro atoms. The third-order valence-corrected chi connectivity index (χ3v) is 7.09. The van der Waals surface area contributed by atoms with Crippen molar-refractivity contribution in [2.75, 3.05) is 12.4 Å². The Morgan fingerprint density at radius 1 is 1.26 bits per heavy atom. The highest BCUT2D eigenvalue weighted by Crippen LogP contribution is 2.49. The van der Waals surface area contributed by atoms with Gasteiger partial charge in [-0.25, -0.2) is 4.79 Å². The van der Waals surface area contributed by atoms with E-state index in [0.717, 1.165) is 32.2 Å². The van der Waals surface area contributed by atoms with Crippen molar-refractivity contribution >= 4 is 50.4 Å². The van der Waals surface area contributed by atoms with E-state index in [1.807, 2.05) is 31.2 Å². The minimum Gasteiger partial charge on any atom is -0.508 e. The quantitative estimate of drug-likeness (QED) is 0.392. The number of H-pyrrole nitrogens is 1. The second-order valence-electron chi connectivity index (χ2n) is 8.31. The topological polar surface area (TPSA) is 76.6 Å². The van der Waals surface area contributed by atoms with Gasteiger partial charge >= 0.3 is 6.03 Å². The van der Waals surface area contributed by atoms with Gasteiger partial charge < -0.3 is 10.1 Å². The fourth-order valence-corrected chi connectivity index (χ4v) is 5.42. The Morgan fingerprint density at radius 3 is 2.81 bits per heavy atom. The molecule has 2 aromatic carbocycles. The lowest BCUT2D eigenvalue weighted by molar-refractivity contribution is -0.133. The number of fused-ring (bicyclic) bond motifs is 4. The highest BCUT2D eigenvalue weighted by atomic mass is 79.9. The Labute approximate surface area is 192 Å². The van der Waals surface area contributed by atoms with Gasteiger partial charge in [0.15, 0.2) is 0 Å². The number of urea groups is 1. The van der Waals surface area contributed by atoms with E-state index in [0.29, 0.717) is 25.3 Å². The minimum atomic E-state index is -1.02. The number of aromatic amines is 1. The maximum Gasteiger partial charge on any atom is 0.328 e. The second kappa shape index (κ2) is 7.28. The normalized spacial score (nSPS) is 22.9. The number of benzene rings is 2. The second-order valence-corrected chi connectivity index (χ2v) is 9.60. The van der Waals surface area contributed by atoms with Crippen LogP contribution in [0.25, 0.3) is 10.9 Å². The maximum atomic E-state index is 13.5. The molecule has 160 valence electrons. The van der Waals surface area contributed by atoms with Crippen LogP contribution in [0.1, 0.15) is 36.2 Å². The number of rotatable bonds is 4. The van der Waals surface area contributed by atoms with Crippen molar-refractivity contribution in [1.29, 1.82) is 0 Å². The summed E-state index contributed by atoms with van der Waals surface area (Å²) in [5.74, 6) is 0.284. The van der Waals surface area contributed by atoms with Crippen molar-refractivity contribution in [1.82, 2.24) is 14.8 Å². The van der Waals surface area contributed by atoms with Gasteiger partial charge in [0.2, 0.25) is 0 Å². The zero-order chi connectivity index (χ0) is 21.9. The molecule has 2 aliphatic heterocycles. The van der Waals surface area contributed by atoms with Crippen LogP contribution in [0.5, 0.6) is 5.75 Å². The molecule has 3 amide bonds. The van der Waals surface area contributed by atoms with E-state index in [4.69, 9.17) is 11.6 Å². The van der Waals surface area contributed by atoms with E-state index in [2.05, 4.69) is 20.9 Å². The number of phenols is 1. The number of carbonyl (C=O) groups excluding carboxylic acids is 2. The first-order valence-electron chi connectivity index (χ1n) is 10.2. The Bertz CT molecular complexity index is 1230. The number of aromatic hydroxyl groups is 1. The summed E-state index contributed by atoms with van der Waals surface area (Å²) in [6.07, 6.45) is 0.955. The Balaban J connectivity index is 1.75. The monoisotopic (exact) mass is 501 g/mol. The first-order valence-corrected chi connectivity index (χ1v) is 11.5. The van der Waals surface area contributed by atoms with Crippen LogP contribution in [0, 0.1) is 0 Å². The van der Waals surface area contributed by atoms with Crippen molar-refractivity contribution < 1.29 is 14.7 Å². The summed E-state index contributed by atoms with van der Waals surface area (Å²) < 4.78 is 0.945. The largest absolute Gasteiger partial charge is 0.508 e. The molecule has 2 atom stereocenters. The van der Waals surface area contributed by atoms with Gasteiger partial charge in [0.05, 0.1) is 0 Å². The molecule has 31 heavy (non-hydrogen) atoms. The van der Waals surface area contributed by atoms with Crippen LogP contribution in [0.4, 0.5) is 4.79 Å². The molecule has 8 heteroatoms. The Morgan fingerprint density at radius 2 is 2.06 bits per heavy atom. The van der Waals surface area contributed by atoms with E-state index in [-0.39, 0.29) is 17.7 Å². The zero-order valence-corrected chi connectivity index (χ0v) is 19.2. The number of halogens is 2. The van der Waals surface area contributed by atoms with Gasteiger partial charge in [-0.05, 0) is 54.8 Å². The molecule has 2 N–H and O–H groups in total. The van der Waals surface area contributed by atoms with Gasteiger partial charge in [-0.2, -0.15) is 0 Å². The van der Waals surface area contributed by atoms with Gasteiger partial charge in [-0.15, -0.1) is 11.6 Å². The number of imide groups is 1. The SMILES string of the molecule is C[C@@]12Cc3c([nH]c4ccc(Br)cc34)[C@@H](c3cccc(O)c3)N1C(=O)N(CCCCl)C2=O. The molecule has 1 fully saturated rings. The summed E-state index contributed by atoms with van der Waals surface area (Å²) in [4.78, 5) is 33.5. The third kappa shape index (κ3) is 2.97. The number of aromatic nitrogens is 1. The summed E-state index contributed by atoms with van der Waals surface area (Å²) in [7, 11) is 0. The van der Waals surface area contributed by atoms with E-state index < -0.39 is 11.6 Å². The van der Waals surface area contributed by atoms with Crippen molar-refractivity contribution in [2.45, 2.75) is 31.3 Å². The molecule has 2 aliphatic rings. The maximum absolute atomic E-state index is 13.5. The van der Waals surface area contributed by atoms with Crippen LogP contribution in [-0.2, 0) is 11.2 Å². The van der Waals surface area contributed by atoms with Gasteiger partial charge in [-0.1, -0.05) is 28.1 Å². The van der Waals surface area contributed by atoms with E-state index in [1.165, 1.54) is 4.90 Å². The molecule has 1 aromatic heterocycles. The molecule has 3 aromatic rings. The molecule has 6 nitrogen and oxygen atoms in total. The fraction of sp³-hybridized carbons (Fsp3) is 0.304. The van der Waals surface area contributed by atoms with Crippen LogP contribution in [-0.4, -0.2) is 49.8 Å². The molecular weight excluding hydrogens is 482 g/mol. The highest BCUT2D eigenvalue weighted by Gasteiger charge is 2.59. The molecule has 5 rings (SSSR count). The smallest absolute Gasteiger partial charge is 0.328 e. The van der Waals surface area contributed by atoms with Crippen molar-refractivity contribution in [3.63, 3.8) is 0 Å². The van der Waals surface area contributed by atoms with Gasteiger partial charge in [-0.3, -0.25) is 14.6 Å². The molecular formula is C23H21BrClN3O3. The van der Waals surface area contributed by atoms with Crippen LogP contribution in [0.2, 0.25) is 0 Å². The summed E-state index contributed by atoms with van der Waals surface area (Å²) in [6, 6.07) is 12.0. The van der Waals surface area contributed by atoms with E-state index in [9.17, 15) is 14.7 Å². The molecule has 0 saturated carbocycles. The average Bonchev–Trinajstić information content (AvgIpc) is 3.17. The molecule has 0 bridgehead atoms. The average molecular weight is 503 g/mol. The van der Waals surface area contributed by atoms with Gasteiger partial charge in [0.1, 0.15) is 17.3 Å². The zero-order valence-electron chi connectivity index (χ0n) is 16.9. The third-order valence-electron chi connectivity index (χ3n) is 6.33. The first kappa shape index (κ1) is 20.4. The summed E-state index contributed by atoms with van der Waals surface area (Å²) >= 11 is 9.39. The Kier molecular flexibility index (Phi) is 4.79. The van der Waals surface area contributed by atoms with Gasteiger partial charge in [0.25, 0.3) is 5.91 Å². The number of hydrogen-bond donors (Lipinski definition) is 2. The number of alkyl halides is 1. The van der Waals surface area contributed by atoms with Crippen LogP contribution >= 0.6 is 27.5 Å². The standard InChI is InChI=1S/C23H21BrClN3O3/c1-23-12-17-16-11-14(24)6-7-18(16)26-19(17)20(13-4-2-5-15(29)10-13)28(23)22(31)27(21(23)30)9-3-8-25/h2,4-7,10-11,20,26,29H,3,8-9,12H2,1H3/t20-,23+/m1/s1. The number of phenolic OH excluding ortho intramolecular Hbond substituents is 1. The summed E-state index contributed by atoms with van der Waals surface area (Å²) in [5, 5.41) is 11.2. The fourth-order valence-electron chi connectivity index (χ4n) is 4.94. The number of nitrogens with zero attached hydrogens (tertiary/aromatic N) is 2. The van der Waals surface area contributed by atoms with E-state index >= 15 is 0 Å². The van der Waals surface area contributed by atoms with Crippen molar-refractivity contribution in [2.24, 2.45) is 0 Å². The lowest BCUT2D eigenvalue weighted by atomic mass is 9.81. The van der Waals surface area contributed by atoms with Gasteiger partial charge in [0, 0.05) is 39.9 Å². The molecule has 0 aliphatic carbocycles. The Hall–Kier alpha value is -2.51. The molecule has 0 unspecified atom stereocenters. The van der Waals surface area contributed by atoms with Crippen LogP contribution < -0.4 is 0 Å². The molecule has 1 saturated heterocycles. The van der Waals surface area contributed by atoms with Crippen LogP contribution in [0.3, 0.4) is 0 Å². The predicted octanol–water partition coefficient (Wildman–Crippen LogP) is 4.93. The summed E-state index contributed by atoms with van der Waals surface area (Å²) in [6.45, 7) is 2.13. The predicted molar refractivity (Wildman–Crippen MR) is 122 cm³/mol. The van der Waals surface area contributed by atoms with Crippen molar-refractivity contribution in [3.05, 3.63) is 63.8 Å². The minimum absolute atomic E-state index is 0.113. The number of amides is 3. The summed E-state index contributed by atoms with van der Waals surface area (Å²) in [5.41, 5.74) is 2.56. The number of hydrogen-bond acceptors (Lipinski definition) is 3. The molecule has 3 heterocycles. The molecule has 0 radical (unpaired) electrons. The van der Waals surface area contributed by atoms with Crippen LogP contribution in [0.15, 0.2) is 46.9 Å².